The monoisotopic (exact) mass is 371 g/mol. The van der Waals surface area contributed by atoms with Gasteiger partial charge < -0.3 is 10.4 Å². The van der Waals surface area contributed by atoms with Gasteiger partial charge in [0.05, 0.1) is 5.69 Å². The van der Waals surface area contributed by atoms with Gasteiger partial charge in [-0.05, 0) is 39.2 Å². The maximum Gasteiger partial charge on any atom is 0.328 e. The third-order valence-electron chi connectivity index (χ3n) is 3.45. The molecule has 0 saturated heterocycles. The van der Waals surface area contributed by atoms with Gasteiger partial charge in [0.1, 0.15) is 0 Å². The fraction of sp³-hybridized carbons (Fsp3) is 0. The van der Waals surface area contributed by atoms with Gasteiger partial charge in [-0.2, -0.15) is 0 Å². The molecule has 0 fully saturated rings. The van der Waals surface area contributed by atoms with Crippen LogP contribution < -0.4 is 5.32 Å². The van der Waals surface area contributed by atoms with E-state index in [4.69, 9.17) is 5.11 Å². The number of hydrogen-bond acceptors (Lipinski definition) is 3. The van der Waals surface area contributed by atoms with E-state index in [0.29, 0.717) is 21.3 Å². The molecule has 0 bridgehead atoms. The number of hydrogen-bond donors (Lipinski definition) is 2. The number of carbonyl (C=O) groups excluding carboxylic acids is 2. The Morgan fingerprint density at radius 3 is 2.39 bits per heavy atom. The summed E-state index contributed by atoms with van der Waals surface area (Å²) in [6, 6.07) is 10.7. The standard InChI is InChI=1S/C17H10BrNO4/c18-13-7-11-9-3-1-2-4-10(9)17(23)12(11)8-14(13)19-15(20)5-6-16(21)22/h1-8H,(H,19,20)(H,21,22)/b6-5-. The Bertz CT molecular complexity index is 886. The number of benzene rings is 2. The van der Waals surface area contributed by atoms with Crippen molar-refractivity contribution in [3.8, 4) is 11.1 Å². The molecular formula is C17H10BrNO4. The first-order valence-electron chi connectivity index (χ1n) is 6.67. The molecule has 23 heavy (non-hydrogen) atoms. The number of ketones is 1. The van der Waals surface area contributed by atoms with E-state index in [0.717, 1.165) is 23.3 Å². The van der Waals surface area contributed by atoms with Gasteiger partial charge in [-0.3, -0.25) is 9.59 Å². The topological polar surface area (TPSA) is 83.5 Å². The minimum Gasteiger partial charge on any atom is -0.478 e. The van der Waals surface area contributed by atoms with E-state index in [9.17, 15) is 14.4 Å². The number of carbonyl (C=O) groups is 3. The highest BCUT2D eigenvalue weighted by Gasteiger charge is 2.27. The molecule has 1 aliphatic rings. The van der Waals surface area contributed by atoms with E-state index in [-0.39, 0.29) is 5.78 Å². The highest BCUT2D eigenvalue weighted by atomic mass is 79.9. The lowest BCUT2D eigenvalue weighted by molar-refractivity contribution is -0.131. The Hall–Kier alpha value is -2.73. The largest absolute Gasteiger partial charge is 0.478 e. The zero-order valence-corrected chi connectivity index (χ0v) is 13.3. The summed E-state index contributed by atoms with van der Waals surface area (Å²) in [4.78, 5) is 34.6. The highest BCUT2D eigenvalue weighted by Crippen LogP contribution is 2.40. The molecule has 0 radical (unpaired) electrons. The van der Waals surface area contributed by atoms with Gasteiger partial charge in [-0.25, -0.2) is 4.79 Å². The van der Waals surface area contributed by atoms with E-state index in [2.05, 4.69) is 21.2 Å². The fourth-order valence-electron chi connectivity index (χ4n) is 2.46. The van der Waals surface area contributed by atoms with Gasteiger partial charge >= 0.3 is 5.97 Å². The van der Waals surface area contributed by atoms with E-state index in [1.54, 1.807) is 24.3 Å². The molecule has 2 N–H and O–H groups in total. The molecule has 114 valence electrons. The van der Waals surface area contributed by atoms with Crippen molar-refractivity contribution in [2.75, 3.05) is 5.32 Å². The first kappa shape index (κ1) is 15.2. The van der Waals surface area contributed by atoms with E-state index < -0.39 is 11.9 Å². The fourth-order valence-corrected chi connectivity index (χ4v) is 2.90. The van der Waals surface area contributed by atoms with Gasteiger partial charge in [0, 0.05) is 27.8 Å². The molecule has 0 spiro atoms. The third kappa shape index (κ3) is 2.80. The summed E-state index contributed by atoms with van der Waals surface area (Å²) < 4.78 is 0.609. The van der Waals surface area contributed by atoms with Crippen LogP contribution in [0.3, 0.4) is 0 Å². The first-order chi connectivity index (χ1) is 11.0. The predicted octanol–water partition coefficient (Wildman–Crippen LogP) is 3.24. The second-order valence-corrected chi connectivity index (χ2v) is 5.77. The number of aliphatic carboxylic acids is 1. The van der Waals surface area contributed by atoms with Crippen molar-refractivity contribution in [3.63, 3.8) is 0 Å². The van der Waals surface area contributed by atoms with E-state index in [1.165, 1.54) is 0 Å². The predicted molar refractivity (Wildman–Crippen MR) is 88.4 cm³/mol. The highest BCUT2D eigenvalue weighted by molar-refractivity contribution is 9.10. The molecule has 6 heteroatoms. The van der Waals surface area contributed by atoms with Crippen LogP contribution in [0.15, 0.2) is 53.0 Å². The van der Waals surface area contributed by atoms with Crippen LogP contribution in [0.25, 0.3) is 11.1 Å². The molecular weight excluding hydrogens is 362 g/mol. The number of rotatable bonds is 3. The molecule has 0 atom stereocenters. The summed E-state index contributed by atoms with van der Waals surface area (Å²) >= 11 is 3.36. The Morgan fingerprint density at radius 2 is 1.70 bits per heavy atom. The lowest BCUT2D eigenvalue weighted by atomic mass is 10.1. The summed E-state index contributed by atoms with van der Waals surface area (Å²) in [6.45, 7) is 0. The van der Waals surface area contributed by atoms with Crippen molar-refractivity contribution in [2.24, 2.45) is 0 Å². The Morgan fingerprint density at radius 1 is 1.00 bits per heavy atom. The molecule has 2 aromatic rings. The molecule has 1 amide bonds. The number of nitrogens with one attached hydrogen (secondary N) is 1. The van der Waals surface area contributed by atoms with E-state index >= 15 is 0 Å². The quantitative estimate of drug-likeness (QED) is 0.692. The molecule has 0 heterocycles. The summed E-state index contributed by atoms with van der Waals surface area (Å²) in [5, 5.41) is 11.1. The van der Waals surface area contributed by atoms with Crippen molar-refractivity contribution >= 4 is 39.3 Å². The lowest BCUT2D eigenvalue weighted by Gasteiger charge is -2.08. The zero-order chi connectivity index (χ0) is 16.6. The number of anilines is 1. The minimum absolute atomic E-state index is 0.0975. The second-order valence-electron chi connectivity index (χ2n) is 4.91. The molecule has 0 unspecified atom stereocenters. The van der Waals surface area contributed by atoms with Crippen molar-refractivity contribution in [1.29, 1.82) is 0 Å². The molecule has 0 saturated carbocycles. The Kier molecular flexibility index (Phi) is 3.83. The number of fused-ring (bicyclic) bond motifs is 3. The van der Waals surface area contributed by atoms with Crippen LogP contribution in [-0.2, 0) is 9.59 Å². The van der Waals surface area contributed by atoms with Crippen molar-refractivity contribution < 1.29 is 19.5 Å². The molecule has 5 nitrogen and oxygen atoms in total. The smallest absolute Gasteiger partial charge is 0.328 e. The van der Waals surface area contributed by atoms with Crippen LogP contribution in [0.5, 0.6) is 0 Å². The van der Waals surface area contributed by atoms with Gasteiger partial charge in [-0.15, -0.1) is 0 Å². The summed E-state index contributed by atoms with van der Waals surface area (Å²) in [6.07, 6.45) is 1.66. The molecule has 0 aliphatic heterocycles. The average molecular weight is 372 g/mol. The summed E-state index contributed by atoms with van der Waals surface area (Å²) in [5.74, 6) is -1.89. The van der Waals surface area contributed by atoms with Crippen molar-refractivity contribution in [1.82, 2.24) is 0 Å². The van der Waals surface area contributed by atoms with Crippen molar-refractivity contribution in [3.05, 3.63) is 64.1 Å². The zero-order valence-electron chi connectivity index (χ0n) is 11.7. The Balaban J connectivity index is 1.97. The average Bonchev–Trinajstić information content (AvgIpc) is 2.79. The SMILES string of the molecule is O=C(O)/C=C\C(=O)Nc1cc2c(cc1Br)-c1ccccc1C2=O. The first-order valence-corrected chi connectivity index (χ1v) is 7.46. The molecule has 3 rings (SSSR count). The third-order valence-corrected chi connectivity index (χ3v) is 4.10. The van der Waals surface area contributed by atoms with Gasteiger partial charge in [0.15, 0.2) is 5.78 Å². The minimum atomic E-state index is -1.21. The van der Waals surface area contributed by atoms with Crippen LogP contribution in [0.1, 0.15) is 15.9 Å². The van der Waals surface area contributed by atoms with Gasteiger partial charge in [0.2, 0.25) is 5.91 Å². The number of halogens is 1. The van der Waals surface area contributed by atoms with Gasteiger partial charge in [0.25, 0.3) is 0 Å². The van der Waals surface area contributed by atoms with Crippen molar-refractivity contribution in [2.45, 2.75) is 0 Å². The lowest BCUT2D eigenvalue weighted by Crippen LogP contribution is -2.10. The maximum atomic E-state index is 12.4. The summed E-state index contributed by atoms with van der Waals surface area (Å²) in [7, 11) is 0. The Labute approximate surface area is 139 Å². The molecule has 2 aromatic carbocycles. The van der Waals surface area contributed by atoms with E-state index in [1.807, 2.05) is 12.1 Å². The van der Waals surface area contributed by atoms with Crippen LogP contribution in [0.2, 0.25) is 0 Å². The molecule has 1 aliphatic carbocycles. The number of carboxylic acids is 1. The number of carboxylic acid groups (broad SMARTS) is 1. The van der Waals surface area contributed by atoms with Crippen LogP contribution in [-0.4, -0.2) is 22.8 Å². The van der Waals surface area contributed by atoms with Crippen LogP contribution >= 0.6 is 15.9 Å². The molecule has 0 aromatic heterocycles. The maximum absolute atomic E-state index is 12.4. The van der Waals surface area contributed by atoms with Crippen LogP contribution in [0, 0.1) is 0 Å². The second kappa shape index (κ2) is 5.81. The normalized spacial score (nSPS) is 12.1. The van der Waals surface area contributed by atoms with Gasteiger partial charge in [-0.1, -0.05) is 24.3 Å². The number of amides is 1. The van der Waals surface area contributed by atoms with Crippen LogP contribution in [0.4, 0.5) is 5.69 Å². The summed E-state index contributed by atoms with van der Waals surface area (Å²) in [5.41, 5.74) is 3.20.